The van der Waals surface area contributed by atoms with Crippen molar-refractivity contribution >= 4 is 29.1 Å². The second-order valence-electron chi connectivity index (χ2n) is 4.11. The van der Waals surface area contributed by atoms with E-state index in [1.165, 1.54) is 0 Å². The van der Waals surface area contributed by atoms with E-state index in [2.05, 4.69) is 9.98 Å². The molecule has 2 rings (SSSR count). The van der Waals surface area contributed by atoms with Gasteiger partial charge in [0.15, 0.2) is 5.84 Å². The van der Waals surface area contributed by atoms with Crippen LogP contribution in [0.1, 0.15) is 12.6 Å². The van der Waals surface area contributed by atoms with Gasteiger partial charge in [0, 0.05) is 12.4 Å². The molecule has 0 aromatic carbocycles. The summed E-state index contributed by atoms with van der Waals surface area (Å²) >= 11 is -1.10. The quantitative estimate of drug-likeness (QED) is 0.598. The van der Waals surface area contributed by atoms with Crippen LogP contribution < -0.4 is 0 Å². The average molecular weight is 325 g/mol. The van der Waals surface area contributed by atoms with Gasteiger partial charge in [-0.1, -0.05) is 6.07 Å². The third-order valence-electron chi connectivity index (χ3n) is 2.49. The van der Waals surface area contributed by atoms with Crippen molar-refractivity contribution in [3.8, 4) is 0 Å². The van der Waals surface area contributed by atoms with Gasteiger partial charge in [-0.3, -0.25) is 4.98 Å². The fraction of sp³-hybridized carbons (Fsp3) is 0.231. The van der Waals surface area contributed by atoms with Crippen molar-refractivity contribution in [3.63, 3.8) is 0 Å². The fourth-order valence-electron chi connectivity index (χ4n) is 1.60. The van der Waals surface area contributed by atoms with Gasteiger partial charge in [0.25, 0.3) is 0 Å². The van der Waals surface area contributed by atoms with Gasteiger partial charge in [0.1, 0.15) is 11.9 Å². The zero-order valence-corrected chi connectivity index (χ0v) is 12.7. The number of hydrogen-bond acceptors (Lipinski definition) is 6. The smallest absolute Gasteiger partial charge is 0.414 e. The Balaban J connectivity index is 0.000000346. The number of carboxylic acids is 2. The van der Waals surface area contributed by atoms with Crippen molar-refractivity contribution in [3.05, 3.63) is 42.4 Å². The van der Waals surface area contributed by atoms with E-state index in [0.717, 1.165) is 5.69 Å². The normalized spacial score (nSPS) is 17.9. The minimum atomic E-state index is -1.82. The van der Waals surface area contributed by atoms with E-state index in [-0.39, 0.29) is 6.04 Å². The number of aromatic nitrogens is 1. The lowest BCUT2D eigenvalue weighted by atomic mass is 10.2. The molecule has 2 heterocycles. The van der Waals surface area contributed by atoms with E-state index >= 15 is 0 Å². The van der Waals surface area contributed by atoms with Crippen LogP contribution in [-0.4, -0.2) is 54.1 Å². The Hall–Kier alpha value is -2.39. The largest absolute Gasteiger partial charge is 0.593 e. The molecule has 0 fully saturated rings. The van der Waals surface area contributed by atoms with Crippen LogP contribution in [0.4, 0.5) is 0 Å². The van der Waals surface area contributed by atoms with Crippen molar-refractivity contribution < 1.29 is 24.4 Å². The van der Waals surface area contributed by atoms with Crippen molar-refractivity contribution in [1.82, 2.24) is 9.29 Å². The topological polar surface area (TPSA) is 126 Å². The molecule has 0 saturated heterocycles. The highest BCUT2D eigenvalue weighted by Gasteiger charge is 2.28. The second kappa shape index (κ2) is 8.15. The Bertz CT molecular complexity index is 577. The number of pyridine rings is 1. The first kappa shape index (κ1) is 17.7. The summed E-state index contributed by atoms with van der Waals surface area (Å²) in [6.07, 6.45) is 7.00. The van der Waals surface area contributed by atoms with Gasteiger partial charge in [-0.25, -0.2) is 14.6 Å². The van der Waals surface area contributed by atoms with E-state index in [9.17, 15) is 4.55 Å². The number of nitrogens with zero attached hydrogens (tertiary/aromatic N) is 3. The standard InChI is InChI=1S/C11H13N3OS.C2H2O4/c1-9-6-8-13-11(14(9)16(2)15)10-5-3-4-7-12-10;3-1(4)2(5)6/h3-9H,1-2H3;(H,3,4)(H,5,6). The van der Waals surface area contributed by atoms with Gasteiger partial charge in [0.05, 0.1) is 17.4 Å². The third-order valence-corrected chi connectivity index (χ3v) is 3.55. The first-order valence-electron chi connectivity index (χ1n) is 6.09. The summed E-state index contributed by atoms with van der Waals surface area (Å²) in [5.41, 5.74) is 0.744. The maximum atomic E-state index is 11.7. The summed E-state index contributed by atoms with van der Waals surface area (Å²) in [5, 5.41) is 14.8. The molecule has 0 aliphatic carbocycles. The minimum Gasteiger partial charge on any atom is -0.593 e. The van der Waals surface area contributed by atoms with E-state index in [4.69, 9.17) is 19.8 Å². The summed E-state index contributed by atoms with van der Waals surface area (Å²) in [6.45, 7) is 1.98. The molecule has 0 spiro atoms. The zero-order chi connectivity index (χ0) is 16.7. The Labute approximate surface area is 130 Å². The van der Waals surface area contributed by atoms with Crippen LogP contribution >= 0.6 is 0 Å². The number of hydrogen-bond donors (Lipinski definition) is 2. The molecule has 2 unspecified atom stereocenters. The molecule has 9 heteroatoms. The van der Waals surface area contributed by atoms with Gasteiger partial charge in [0.2, 0.25) is 0 Å². The molecule has 118 valence electrons. The summed E-state index contributed by atoms with van der Waals surface area (Å²) in [7, 11) is 0. The number of aliphatic carboxylic acids is 2. The summed E-state index contributed by atoms with van der Waals surface area (Å²) in [5.74, 6) is -2.98. The molecule has 8 nitrogen and oxygen atoms in total. The van der Waals surface area contributed by atoms with Crippen LogP contribution in [0.15, 0.2) is 41.7 Å². The third kappa shape index (κ3) is 4.86. The van der Waals surface area contributed by atoms with Crippen LogP contribution in [-0.2, 0) is 21.0 Å². The van der Waals surface area contributed by atoms with Gasteiger partial charge < -0.3 is 14.8 Å². The van der Waals surface area contributed by atoms with Gasteiger partial charge in [-0.2, -0.15) is 4.31 Å². The first-order valence-corrected chi connectivity index (χ1v) is 7.61. The average Bonchev–Trinajstić information content (AvgIpc) is 2.48. The Morgan fingerprint density at radius 2 is 1.95 bits per heavy atom. The molecule has 1 aliphatic heterocycles. The summed E-state index contributed by atoms with van der Waals surface area (Å²) < 4.78 is 13.4. The molecular formula is C13H15N3O5S. The number of rotatable bonds is 2. The molecule has 2 N–H and O–H groups in total. The minimum absolute atomic E-state index is 0.0698. The van der Waals surface area contributed by atoms with Crippen LogP contribution in [0.3, 0.4) is 0 Å². The van der Waals surface area contributed by atoms with E-state index in [0.29, 0.717) is 5.84 Å². The summed E-state index contributed by atoms with van der Waals surface area (Å²) in [4.78, 5) is 26.7. The zero-order valence-electron chi connectivity index (χ0n) is 11.9. The SMILES string of the molecule is CC1C=CN=C(c2ccccn2)N1[S+](C)[O-].O=C(O)C(=O)O. The van der Waals surface area contributed by atoms with Gasteiger partial charge in [-0.15, -0.1) is 0 Å². The molecule has 2 atom stereocenters. The lowest BCUT2D eigenvalue weighted by molar-refractivity contribution is -0.159. The maximum Gasteiger partial charge on any atom is 0.414 e. The first-order chi connectivity index (χ1) is 10.3. The van der Waals surface area contributed by atoms with Crippen LogP contribution in [0.25, 0.3) is 0 Å². The number of carboxylic acid groups (broad SMARTS) is 2. The van der Waals surface area contributed by atoms with Crippen molar-refractivity contribution in [1.29, 1.82) is 0 Å². The monoisotopic (exact) mass is 325 g/mol. The van der Waals surface area contributed by atoms with Crippen molar-refractivity contribution in [2.75, 3.05) is 6.26 Å². The van der Waals surface area contributed by atoms with Crippen LogP contribution in [0.5, 0.6) is 0 Å². The number of aliphatic imine (C=N–C) groups is 1. The predicted octanol–water partition coefficient (Wildman–Crippen LogP) is 0.495. The molecule has 1 aromatic rings. The number of amidine groups is 1. The lowest BCUT2D eigenvalue weighted by Gasteiger charge is -2.29. The highest BCUT2D eigenvalue weighted by Crippen LogP contribution is 2.16. The molecule has 0 saturated carbocycles. The molecule has 0 radical (unpaired) electrons. The van der Waals surface area contributed by atoms with Crippen molar-refractivity contribution in [2.45, 2.75) is 13.0 Å². The van der Waals surface area contributed by atoms with Crippen molar-refractivity contribution in [2.24, 2.45) is 4.99 Å². The molecule has 1 aromatic heterocycles. The molecule has 0 amide bonds. The lowest BCUT2D eigenvalue weighted by Crippen LogP contribution is -2.43. The molecule has 0 bridgehead atoms. The van der Waals surface area contributed by atoms with E-state index in [1.54, 1.807) is 23.0 Å². The molecule has 1 aliphatic rings. The predicted molar refractivity (Wildman–Crippen MR) is 80.6 cm³/mol. The number of carbonyl (C=O) groups is 2. The van der Waals surface area contributed by atoms with Gasteiger partial charge in [-0.05, 0) is 25.1 Å². The maximum absolute atomic E-state index is 11.7. The summed E-state index contributed by atoms with van der Waals surface area (Å²) in [6, 6.07) is 5.68. The highest BCUT2D eigenvalue weighted by atomic mass is 32.2. The van der Waals surface area contributed by atoms with E-state index < -0.39 is 23.3 Å². The van der Waals surface area contributed by atoms with E-state index in [1.807, 2.05) is 31.2 Å². The Morgan fingerprint density at radius 1 is 1.32 bits per heavy atom. The molecule has 22 heavy (non-hydrogen) atoms. The molecular weight excluding hydrogens is 310 g/mol. The van der Waals surface area contributed by atoms with Crippen LogP contribution in [0.2, 0.25) is 0 Å². The fourth-order valence-corrected chi connectivity index (χ4v) is 2.52. The van der Waals surface area contributed by atoms with Gasteiger partial charge >= 0.3 is 11.9 Å². The Kier molecular flexibility index (Phi) is 6.54. The Morgan fingerprint density at radius 3 is 2.41 bits per heavy atom. The highest BCUT2D eigenvalue weighted by molar-refractivity contribution is 7.89. The second-order valence-corrected chi connectivity index (χ2v) is 5.35. The van der Waals surface area contributed by atoms with Crippen LogP contribution in [0, 0.1) is 0 Å².